The maximum Gasteiger partial charge on any atom is 0.120 e. The van der Waals surface area contributed by atoms with E-state index in [0.29, 0.717) is 6.61 Å². The van der Waals surface area contributed by atoms with Gasteiger partial charge in [0.2, 0.25) is 0 Å². The SMILES string of the molecule is CC=CCOc1ccc2cc(C3CCC(CCCCC)CC3)ccc2c1. The Morgan fingerprint density at radius 3 is 2.50 bits per heavy atom. The molecule has 2 aromatic carbocycles. The summed E-state index contributed by atoms with van der Waals surface area (Å²) in [4.78, 5) is 0. The minimum atomic E-state index is 0.640. The van der Waals surface area contributed by atoms with E-state index in [2.05, 4.69) is 43.3 Å². The van der Waals surface area contributed by atoms with E-state index >= 15 is 0 Å². The lowest BCUT2D eigenvalue weighted by Gasteiger charge is -2.29. The lowest BCUT2D eigenvalue weighted by atomic mass is 9.77. The van der Waals surface area contributed by atoms with Crippen molar-refractivity contribution in [3.05, 3.63) is 54.1 Å². The first-order valence-corrected chi connectivity index (χ1v) is 10.6. The molecule has 0 N–H and O–H groups in total. The van der Waals surface area contributed by atoms with Crippen molar-refractivity contribution in [2.24, 2.45) is 5.92 Å². The Balaban J connectivity index is 1.60. The second kappa shape index (κ2) is 9.80. The van der Waals surface area contributed by atoms with E-state index in [9.17, 15) is 0 Å². The smallest absolute Gasteiger partial charge is 0.120 e. The van der Waals surface area contributed by atoms with Crippen LogP contribution < -0.4 is 4.74 Å². The second-order valence-corrected chi connectivity index (χ2v) is 7.86. The molecule has 0 unspecified atom stereocenters. The molecule has 0 bridgehead atoms. The predicted octanol–water partition coefficient (Wildman–Crippen LogP) is 7.65. The highest BCUT2D eigenvalue weighted by Crippen LogP contribution is 2.38. The number of fused-ring (bicyclic) bond motifs is 1. The molecular weight excluding hydrogens is 316 g/mol. The van der Waals surface area contributed by atoms with E-state index in [0.717, 1.165) is 17.6 Å². The molecule has 1 nitrogen and oxygen atoms in total. The van der Waals surface area contributed by atoms with Crippen LogP contribution in [0.25, 0.3) is 10.8 Å². The van der Waals surface area contributed by atoms with Crippen molar-refractivity contribution in [1.29, 1.82) is 0 Å². The fourth-order valence-electron chi connectivity index (χ4n) is 4.29. The minimum Gasteiger partial charge on any atom is -0.490 e. The maximum atomic E-state index is 5.77. The van der Waals surface area contributed by atoms with Gasteiger partial charge in [-0.2, -0.15) is 0 Å². The van der Waals surface area contributed by atoms with Gasteiger partial charge in [-0.15, -0.1) is 0 Å². The van der Waals surface area contributed by atoms with Gasteiger partial charge in [-0.1, -0.05) is 69.0 Å². The summed E-state index contributed by atoms with van der Waals surface area (Å²) < 4.78 is 5.77. The largest absolute Gasteiger partial charge is 0.490 e. The molecule has 2 aromatic rings. The Labute approximate surface area is 159 Å². The van der Waals surface area contributed by atoms with Crippen molar-refractivity contribution >= 4 is 10.8 Å². The molecule has 1 saturated carbocycles. The average Bonchev–Trinajstić information content (AvgIpc) is 2.68. The maximum absolute atomic E-state index is 5.77. The van der Waals surface area contributed by atoms with Gasteiger partial charge in [-0.25, -0.2) is 0 Å². The Morgan fingerprint density at radius 1 is 0.962 bits per heavy atom. The van der Waals surface area contributed by atoms with Crippen LogP contribution in [-0.2, 0) is 0 Å². The van der Waals surface area contributed by atoms with Crippen LogP contribution in [0.5, 0.6) is 5.75 Å². The van der Waals surface area contributed by atoms with E-state index in [4.69, 9.17) is 4.74 Å². The molecule has 140 valence electrons. The molecule has 26 heavy (non-hydrogen) atoms. The Bertz CT molecular complexity index is 707. The lowest BCUT2D eigenvalue weighted by molar-refractivity contribution is 0.303. The fourth-order valence-corrected chi connectivity index (χ4v) is 4.29. The van der Waals surface area contributed by atoms with Gasteiger partial charge in [0.05, 0.1) is 0 Å². The topological polar surface area (TPSA) is 9.23 Å². The average molecular weight is 351 g/mol. The van der Waals surface area contributed by atoms with Crippen molar-refractivity contribution in [1.82, 2.24) is 0 Å². The Morgan fingerprint density at radius 2 is 1.73 bits per heavy atom. The van der Waals surface area contributed by atoms with Gasteiger partial charge in [-0.3, -0.25) is 0 Å². The van der Waals surface area contributed by atoms with Gasteiger partial charge in [0.25, 0.3) is 0 Å². The van der Waals surface area contributed by atoms with E-state index in [1.54, 1.807) is 0 Å². The molecule has 1 heteroatoms. The molecule has 0 aliphatic heterocycles. The number of hydrogen-bond donors (Lipinski definition) is 0. The number of hydrogen-bond acceptors (Lipinski definition) is 1. The molecule has 0 aromatic heterocycles. The molecule has 0 saturated heterocycles. The van der Waals surface area contributed by atoms with Gasteiger partial charge < -0.3 is 4.74 Å². The summed E-state index contributed by atoms with van der Waals surface area (Å²) in [6, 6.07) is 13.5. The monoisotopic (exact) mass is 350 g/mol. The molecule has 3 rings (SSSR count). The summed E-state index contributed by atoms with van der Waals surface area (Å²) in [6.07, 6.45) is 15.3. The highest BCUT2D eigenvalue weighted by atomic mass is 16.5. The van der Waals surface area contributed by atoms with Crippen molar-refractivity contribution in [2.45, 2.75) is 71.1 Å². The first kappa shape index (κ1) is 19.0. The van der Waals surface area contributed by atoms with Crippen LogP contribution in [0.4, 0.5) is 0 Å². The van der Waals surface area contributed by atoms with E-state index in [-0.39, 0.29) is 0 Å². The normalized spacial score (nSPS) is 20.7. The second-order valence-electron chi connectivity index (χ2n) is 7.86. The predicted molar refractivity (Wildman–Crippen MR) is 113 cm³/mol. The third-order valence-corrected chi connectivity index (χ3v) is 5.95. The van der Waals surface area contributed by atoms with Gasteiger partial charge >= 0.3 is 0 Å². The fraction of sp³-hybridized carbons (Fsp3) is 0.520. The number of allylic oxidation sites excluding steroid dienone is 1. The summed E-state index contributed by atoms with van der Waals surface area (Å²) in [5.41, 5.74) is 1.53. The highest BCUT2D eigenvalue weighted by molar-refractivity contribution is 5.84. The third kappa shape index (κ3) is 5.13. The van der Waals surface area contributed by atoms with Gasteiger partial charge in [0, 0.05) is 0 Å². The summed E-state index contributed by atoms with van der Waals surface area (Å²) in [6.45, 7) is 4.96. The van der Waals surface area contributed by atoms with Crippen LogP contribution in [0.3, 0.4) is 0 Å². The van der Waals surface area contributed by atoms with Crippen molar-refractivity contribution < 1.29 is 4.74 Å². The number of benzene rings is 2. The highest BCUT2D eigenvalue weighted by Gasteiger charge is 2.22. The summed E-state index contributed by atoms with van der Waals surface area (Å²) in [5.74, 6) is 2.69. The van der Waals surface area contributed by atoms with Gasteiger partial charge in [0.15, 0.2) is 0 Å². The molecule has 0 spiro atoms. The first-order valence-electron chi connectivity index (χ1n) is 10.6. The zero-order valence-corrected chi connectivity index (χ0v) is 16.5. The van der Waals surface area contributed by atoms with E-state index in [1.807, 2.05) is 19.1 Å². The molecule has 0 radical (unpaired) electrons. The van der Waals surface area contributed by atoms with Gasteiger partial charge in [-0.05, 0) is 72.9 Å². The quantitative estimate of drug-likeness (QED) is 0.351. The molecular formula is C25H34O. The Kier molecular flexibility index (Phi) is 7.17. The Hall–Kier alpha value is -1.76. The minimum absolute atomic E-state index is 0.640. The number of ether oxygens (including phenoxy) is 1. The molecule has 1 aliphatic carbocycles. The van der Waals surface area contributed by atoms with Crippen LogP contribution in [0.15, 0.2) is 48.6 Å². The molecule has 1 fully saturated rings. The van der Waals surface area contributed by atoms with Crippen LogP contribution in [0.1, 0.15) is 76.7 Å². The standard InChI is InChI=1S/C25H34O/c1-3-5-7-8-20-9-11-21(12-10-20)22-13-14-24-19-25(26-17-6-4-2)16-15-23(24)18-22/h4,6,13-16,18-21H,3,5,7-12,17H2,1-2H3. The van der Waals surface area contributed by atoms with Crippen molar-refractivity contribution in [3.63, 3.8) is 0 Å². The summed E-state index contributed by atoms with van der Waals surface area (Å²) in [5, 5.41) is 2.62. The zero-order valence-electron chi connectivity index (χ0n) is 16.5. The first-order chi connectivity index (χ1) is 12.8. The zero-order chi connectivity index (χ0) is 18.2. The third-order valence-electron chi connectivity index (χ3n) is 5.95. The molecule has 0 heterocycles. The summed E-state index contributed by atoms with van der Waals surface area (Å²) in [7, 11) is 0. The van der Waals surface area contributed by atoms with Crippen LogP contribution in [0, 0.1) is 5.92 Å². The van der Waals surface area contributed by atoms with Crippen molar-refractivity contribution in [3.8, 4) is 5.75 Å². The lowest BCUT2D eigenvalue weighted by Crippen LogP contribution is -2.13. The summed E-state index contributed by atoms with van der Waals surface area (Å²) >= 11 is 0. The van der Waals surface area contributed by atoms with Crippen molar-refractivity contribution in [2.75, 3.05) is 6.61 Å². The molecule has 1 aliphatic rings. The van der Waals surface area contributed by atoms with Crippen LogP contribution in [-0.4, -0.2) is 6.61 Å². The number of unbranched alkanes of at least 4 members (excludes halogenated alkanes) is 2. The molecule has 0 amide bonds. The molecule has 0 atom stereocenters. The van der Waals surface area contributed by atoms with Crippen LogP contribution in [0.2, 0.25) is 0 Å². The van der Waals surface area contributed by atoms with Gasteiger partial charge in [0.1, 0.15) is 12.4 Å². The van der Waals surface area contributed by atoms with Crippen LogP contribution >= 0.6 is 0 Å². The number of rotatable bonds is 8. The van der Waals surface area contributed by atoms with E-state index in [1.165, 1.54) is 67.7 Å². The van der Waals surface area contributed by atoms with E-state index < -0.39 is 0 Å².